The number of esters is 1. The van der Waals surface area contributed by atoms with Gasteiger partial charge in [-0.2, -0.15) is 0 Å². The zero-order chi connectivity index (χ0) is 75.8. The maximum absolute atomic E-state index is 15.6. The van der Waals surface area contributed by atoms with Gasteiger partial charge in [0.1, 0.15) is 72.6 Å². The molecule has 1 rings (SSSR count). The van der Waals surface area contributed by atoms with E-state index in [1.807, 2.05) is 55.4 Å². The third kappa shape index (κ3) is 26.1. The van der Waals surface area contributed by atoms with Crippen molar-refractivity contribution >= 4 is 83.1 Å². The van der Waals surface area contributed by atoms with Crippen LogP contribution < -0.4 is 27.0 Å². The number of hydrogen-bond donors (Lipinski definition) is 6. The summed E-state index contributed by atoms with van der Waals surface area (Å²) in [4.78, 5) is 208. The Morgan fingerprint density at radius 3 is 1.45 bits per heavy atom. The van der Waals surface area contributed by atoms with Gasteiger partial charge >= 0.3 is 18.1 Å². The van der Waals surface area contributed by atoms with Crippen molar-refractivity contribution in [3.05, 3.63) is 12.2 Å². The molecule has 1 aliphatic heterocycles. The van der Waals surface area contributed by atoms with Crippen LogP contribution in [0.15, 0.2) is 12.2 Å². The van der Waals surface area contributed by atoms with E-state index in [-0.39, 0.29) is 62.2 Å². The summed E-state index contributed by atoms with van der Waals surface area (Å²) in [5.41, 5.74) is 5.63. The second-order valence-electron chi connectivity index (χ2n) is 28.4. The summed E-state index contributed by atoms with van der Waals surface area (Å²) >= 11 is 0. The van der Waals surface area contributed by atoms with Crippen LogP contribution >= 0.6 is 0 Å². The van der Waals surface area contributed by atoms with E-state index in [2.05, 4.69) is 21.3 Å². The SMILES string of the molecule is C/C=C/C[C@@H](C)C(OC(=O)OCOC(=O)[C@@H](N)CC(=O)O)C1C(=O)NC(CC)C(=O)N(C)CC(=O)N(C)[C@@H](CC(C)C)C(=O)NC(C(C)C)C(=O)N(C)C(CC(C)C)C(=O)NC(C)C(=O)NC(C)C(=O)N(C)C(CC(C)C)C(=O)N(C)C(CC(C)C)C(=O)N(C)C(C(C)C)C(=O)N1C. The molecule has 1 saturated heterocycles. The van der Waals surface area contributed by atoms with E-state index < -0.39 is 193 Å². The molecular formula is C68H118N12O18. The second-order valence-corrected chi connectivity index (χ2v) is 28.4. The quantitative estimate of drug-likeness (QED) is 0.0546. The highest BCUT2D eigenvalue weighted by molar-refractivity contribution is 6.00. The maximum Gasteiger partial charge on any atom is 0.511 e. The summed E-state index contributed by atoms with van der Waals surface area (Å²) in [5, 5.41) is 20.0. The minimum Gasteiger partial charge on any atom is -0.481 e. The van der Waals surface area contributed by atoms with Crippen LogP contribution in [0.1, 0.15) is 163 Å². The molecule has 30 heteroatoms. The Hall–Kier alpha value is -7.92. The summed E-state index contributed by atoms with van der Waals surface area (Å²) in [7, 11) is 9.45. The predicted octanol–water partition coefficient (Wildman–Crippen LogP) is 2.73. The van der Waals surface area contributed by atoms with Crippen molar-refractivity contribution in [3.63, 3.8) is 0 Å². The van der Waals surface area contributed by atoms with Crippen molar-refractivity contribution in [1.82, 2.24) is 55.6 Å². The standard InChI is InChI=1S/C68H118N12O18/c1-25-27-28-42(15)56(98-68(95)97-35-96-67(94)45(69)33-52(82)83)55-60(87)72-46(26-2)62(89)74(18)34-51(81)75(19)47(29-36(3)4)59(86)73-53(40(11)12)65(92)76(20)48(30-37(5)6)58(85)70-43(16)57(84)71-44(17)61(88)77(21)49(31-38(7)8)63(90)78(22)50(32-39(9)10)64(91)79(23)54(41(13)14)66(93)80(55)24/h25,27,36-50,53-56H,26,28-35,69H2,1-24H3,(H,70,85)(H,71,84)(H,72,87)(H,73,86)(H,82,83)/b27-25+/t42-,43?,44?,45+,46?,47+,48?,49?,50?,53?,54?,55?,56?/m1/s1. The van der Waals surface area contributed by atoms with Crippen molar-refractivity contribution in [3.8, 4) is 0 Å². The smallest absolute Gasteiger partial charge is 0.481 e. The van der Waals surface area contributed by atoms with Crippen LogP contribution in [-0.4, -0.2) is 258 Å². The van der Waals surface area contributed by atoms with E-state index in [1.165, 1.54) is 77.9 Å². The average Bonchev–Trinajstić information content (AvgIpc) is 0.799. The highest BCUT2D eigenvalue weighted by atomic mass is 16.8. The van der Waals surface area contributed by atoms with Crippen LogP contribution in [-0.2, 0) is 76.5 Å². The minimum absolute atomic E-state index is 0.0469. The van der Waals surface area contributed by atoms with Gasteiger partial charge in [-0.3, -0.25) is 62.3 Å². The van der Waals surface area contributed by atoms with Crippen LogP contribution in [0.4, 0.5) is 4.79 Å². The van der Waals surface area contributed by atoms with E-state index in [1.54, 1.807) is 60.6 Å². The Labute approximate surface area is 580 Å². The number of carboxylic acids is 1. The lowest BCUT2D eigenvalue weighted by Gasteiger charge is -2.42. The van der Waals surface area contributed by atoms with E-state index in [0.717, 1.165) is 19.6 Å². The number of nitrogens with two attached hydrogens (primary N) is 1. The van der Waals surface area contributed by atoms with Gasteiger partial charge < -0.3 is 80.6 Å². The molecule has 30 nitrogen and oxygen atoms in total. The van der Waals surface area contributed by atoms with Crippen LogP contribution in [0.5, 0.6) is 0 Å². The molecule has 0 radical (unpaired) electrons. The summed E-state index contributed by atoms with van der Waals surface area (Å²) in [6.07, 6.45) is -0.368. The molecule has 7 N–H and O–H groups in total. The van der Waals surface area contributed by atoms with Gasteiger partial charge in [-0.15, -0.1) is 0 Å². The number of hydrogen-bond acceptors (Lipinski definition) is 18. The van der Waals surface area contributed by atoms with Crippen molar-refractivity contribution in [1.29, 1.82) is 0 Å². The minimum atomic E-state index is -1.89. The number of carboxylic acid groups (broad SMARTS) is 1. The number of carbonyl (C=O) groups is 14. The molecule has 1 heterocycles. The molecule has 1 aliphatic rings. The fraction of sp³-hybridized carbons (Fsp3) is 0.765. The number of likely N-dealkylation sites (N-methyl/N-ethyl adjacent to an activating group) is 7. The van der Waals surface area contributed by atoms with E-state index >= 15 is 19.2 Å². The Kier molecular flexibility index (Phi) is 36.7. The van der Waals surface area contributed by atoms with Crippen LogP contribution in [0.25, 0.3) is 0 Å². The highest BCUT2D eigenvalue weighted by Crippen LogP contribution is 2.27. The Morgan fingerprint density at radius 2 is 0.980 bits per heavy atom. The molecule has 558 valence electrons. The van der Waals surface area contributed by atoms with E-state index in [4.69, 9.17) is 25.1 Å². The number of nitrogens with zero attached hydrogens (tertiary/aromatic N) is 7. The molecule has 0 aromatic heterocycles. The van der Waals surface area contributed by atoms with Gasteiger partial charge in [0.2, 0.25) is 71.8 Å². The van der Waals surface area contributed by atoms with Crippen molar-refractivity contribution in [2.24, 2.45) is 47.2 Å². The molecule has 0 aliphatic carbocycles. The number of rotatable bonds is 21. The maximum atomic E-state index is 15.6. The zero-order valence-corrected chi connectivity index (χ0v) is 62.6. The van der Waals surface area contributed by atoms with Crippen molar-refractivity contribution in [2.75, 3.05) is 62.7 Å². The second kappa shape index (κ2) is 40.8. The third-order valence-electron chi connectivity index (χ3n) is 17.3. The van der Waals surface area contributed by atoms with Crippen LogP contribution in [0, 0.1) is 41.4 Å². The molecule has 0 aromatic rings. The fourth-order valence-electron chi connectivity index (χ4n) is 11.5. The molecule has 0 spiro atoms. The monoisotopic (exact) mass is 1390 g/mol. The summed E-state index contributed by atoms with van der Waals surface area (Å²) in [6, 6.07) is -15.1. The number of amides is 11. The first-order valence-corrected chi connectivity index (χ1v) is 33.9. The molecule has 0 bridgehead atoms. The molecule has 0 aromatic carbocycles. The largest absolute Gasteiger partial charge is 0.511 e. The van der Waals surface area contributed by atoms with Gasteiger partial charge in [0, 0.05) is 49.3 Å². The molecule has 1 fully saturated rings. The summed E-state index contributed by atoms with van der Waals surface area (Å²) < 4.78 is 15.9. The molecule has 11 amide bonds. The lowest BCUT2D eigenvalue weighted by Crippen LogP contribution is -2.64. The van der Waals surface area contributed by atoms with Gasteiger partial charge in [-0.05, 0) is 101 Å². The number of allylic oxidation sites excluding steroid dienone is 2. The Balaban J connectivity index is 4.54. The van der Waals surface area contributed by atoms with E-state index in [9.17, 15) is 47.9 Å². The van der Waals surface area contributed by atoms with E-state index in [0.29, 0.717) is 0 Å². The summed E-state index contributed by atoms with van der Waals surface area (Å²) in [6.45, 7) is 27.2. The highest BCUT2D eigenvalue weighted by Gasteiger charge is 2.47. The number of ether oxygens (including phenoxy) is 3. The third-order valence-corrected chi connectivity index (χ3v) is 17.3. The molecule has 98 heavy (non-hydrogen) atoms. The topological polar surface area (TPSA) is 384 Å². The first kappa shape index (κ1) is 88.1. The van der Waals surface area contributed by atoms with Crippen LogP contribution in [0.3, 0.4) is 0 Å². The lowest BCUT2D eigenvalue weighted by molar-refractivity contribution is -0.161. The van der Waals surface area contributed by atoms with Crippen molar-refractivity contribution in [2.45, 2.75) is 235 Å². The molecular weight excluding hydrogens is 1270 g/mol. The van der Waals surface area contributed by atoms with Gasteiger partial charge in [0.25, 0.3) is 0 Å². The number of aliphatic carboxylic acids is 1. The molecule has 0 saturated carbocycles. The predicted molar refractivity (Wildman–Crippen MR) is 365 cm³/mol. The normalized spacial score (nSPS) is 25.0. The Bertz CT molecular complexity index is 2790. The average molecular weight is 1390 g/mol. The first-order valence-electron chi connectivity index (χ1n) is 33.9. The molecule has 13 atom stereocenters. The summed E-state index contributed by atoms with van der Waals surface area (Å²) in [5.74, 6) is -14.1. The fourth-order valence-corrected chi connectivity index (χ4v) is 11.5. The van der Waals surface area contributed by atoms with Crippen LogP contribution in [0.2, 0.25) is 0 Å². The van der Waals surface area contributed by atoms with Gasteiger partial charge in [-0.25, -0.2) is 4.79 Å². The number of carbonyl (C=O) groups excluding carboxylic acids is 13. The van der Waals surface area contributed by atoms with Crippen molar-refractivity contribution < 1.29 is 86.4 Å². The Morgan fingerprint density at radius 1 is 0.531 bits per heavy atom. The van der Waals surface area contributed by atoms with Gasteiger partial charge in [-0.1, -0.05) is 109 Å². The first-order chi connectivity index (χ1) is 45.3. The molecule has 10 unspecified atom stereocenters. The lowest BCUT2D eigenvalue weighted by atomic mass is 9.91. The zero-order valence-electron chi connectivity index (χ0n) is 62.6. The number of nitrogens with one attached hydrogen (secondary N) is 4. The van der Waals surface area contributed by atoms with Gasteiger partial charge in [0.15, 0.2) is 0 Å². The van der Waals surface area contributed by atoms with Gasteiger partial charge in [0.05, 0.1) is 13.0 Å².